The lowest BCUT2D eigenvalue weighted by atomic mass is 9.95. The van der Waals surface area contributed by atoms with Crippen LogP contribution in [-0.4, -0.2) is 5.78 Å². The first kappa shape index (κ1) is 15.1. The first-order chi connectivity index (χ1) is 9.54. The molecule has 0 aromatic heterocycles. The van der Waals surface area contributed by atoms with E-state index in [4.69, 9.17) is 23.2 Å². The summed E-state index contributed by atoms with van der Waals surface area (Å²) in [6.07, 6.45) is 1.08. The summed E-state index contributed by atoms with van der Waals surface area (Å²) < 4.78 is 0. The van der Waals surface area contributed by atoms with Crippen LogP contribution in [0, 0.1) is 0 Å². The van der Waals surface area contributed by atoms with Crippen LogP contribution in [0.4, 0.5) is 0 Å². The maximum atomic E-state index is 12.4. The molecule has 20 heavy (non-hydrogen) atoms. The summed E-state index contributed by atoms with van der Waals surface area (Å²) >= 11 is 12.0. The Hall–Kier alpha value is -1.31. The Balaban J connectivity index is 2.32. The zero-order valence-electron chi connectivity index (χ0n) is 11.5. The number of benzene rings is 2. The van der Waals surface area contributed by atoms with Gasteiger partial charge in [-0.15, -0.1) is 0 Å². The van der Waals surface area contributed by atoms with E-state index in [2.05, 4.69) is 13.8 Å². The fourth-order valence-electron chi connectivity index (χ4n) is 2.03. The fraction of sp³-hybridized carbons (Fsp3) is 0.235. The van der Waals surface area contributed by atoms with Gasteiger partial charge in [0.25, 0.3) is 0 Å². The van der Waals surface area contributed by atoms with Gasteiger partial charge in [0, 0.05) is 11.1 Å². The van der Waals surface area contributed by atoms with Gasteiger partial charge in [0.05, 0.1) is 10.0 Å². The molecule has 2 aromatic rings. The maximum absolute atomic E-state index is 12.4. The van der Waals surface area contributed by atoms with Crippen molar-refractivity contribution in [2.75, 3.05) is 0 Å². The van der Waals surface area contributed by atoms with E-state index in [0.717, 1.165) is 6.42 Å². The van der Waals surface area contributed by atoms with Crippen molar-refractivity contribution in [3.05, 3.63) is 69.2 Å². The summed E-state index contributed by atoms with van der Waals surface area (Å²) in [4.78, 5) is 12.4. The van der Waals surface area contributed by atoms with Crippen molar-refractivity contribution in [3.8, 4) is 0 Å². The minimum atomic E-state index is -0.104. The maximum Gasteiger partial charge on any atom is 0.194 e. The van der Waals surface area contributed by atoms with Gasteiger partial charge in [-0.1, -0.05) is 67.4 Å². The van der Waals surface area contributed by atoms with Gasteiger partial charge in [-0.05, 0) is 30.0 Å². The summed E-state index contributed by atoms with van der Waals surface area (Å²) in [5.74, 6) is 0.391. The summed E-state index contributed by atoms with van der Waals surface area (Å²) in [6, 6.07) is 12.8. The van der Waals surface area contributed by atoms with E-state index >= 15 is 0 Å². The van der Waals surface area contributed by atoms with Crippen molar-refractivity contribution in [1.82, 2.24) is 0 Å². The average molecular weight is 307 g/mol. The van der Waals surface area contributed by atoms with E-state index in [-0.39, 0.29) is 5.78 Å². The van der Waals surface area contributed by atoms with Crippen molar-refractivity contribution in [2.24, 2.45) is 0 Å². The topological polar surface area (TPSA) is 17.1 Å². The van der Waals surface area contributed by atoms with Crippen LogP contribution < -0.4 is 0 Å². The number of rotatable bonds is 4. The van der Waals surface area contributed by atoms with Crippen LogP contribution in [0.2, 0.25) is 10.0 Å². The number of hydrogen-bond donors (Lipinski definition) is 0. The van der Waals surface area contributed by atoms with E-state index in [1.54, 1.807) is 18.2 Å². The van der Waals surface area contributed by atoms with Crippen LogP contribution in [-0.2, 0) is 0 Å². The molecule has 0 aliphatic heterocycles. The molecule has 0 spiro atoms. The van der Waals surface area contributed by atoms with Gasteiger partial charge in [-0.3, -0.25) is 4.79 Å². The van der Waals surface area contributed by atoms with Gasteiger partial charge in [0.2, 0.25) is 0 Å². The largest absolute Gasteiger partial charge is 0.289 e. The zero-order valence-corrected chi connectivity index (χ0v) is 13.0. The van der Waals surface area contributed by atoms with Crippen LogP contribution in [0.15, 0.2) is 42.5 Å². The Morgan fingerprint density at radius 3 is 2.35 bits per heavy atom. The molecule has 3 heteroatoms. The molecule has 2 aromatic carbocycles. The van der Waals surface area contributed by atoms with E-state index < -0.39 is 0 Å². The van der Waals surface area contributed by atoms with E-state index in [1.165, 1.54) is 5.56 Å². The van der Waals surface area contributed by atoms with Crippen LogP contribution >= 0.6 is 23.2 Å². The first-order valence-corrected chi connectivity index (χ1v) is 7.38. The monoisotopic (exact) mass is 306 g/mol. The second-order valence-corrected chi connectivity index (χ2v) is 5.65. The number of carbonyl (C=O) groups excluding carboxylic acids is 1. The summed E-state index contributed by atoms with van der Waals surface area (Å²) in [7, 11) is 0. The van der Waals surface area contributed by atoms with Crippen LogP contribution in [0.1, 0.15) is 47.7 Å². The molecule has 0 aliphatic carbocycles. The van der Waals surface area contributed by atoms with Crippen LogP contribution in [0.5, 0.6) is 0 Å². The van der Waals surface area contributed by atoms with Crippen LogP contribution in [0.25, 0.3) is 0 Å². The van der Waals surface area contributed by atoms with E-state index in [0.29, 0.717) is 27.1 Å². The van der Waals surface area contributed by atoms with Gasteiger partial charge in [-0.2, -0.15) is 0 Å². The zero-order chi connectivity index (χ0) is 14.7. The molecule has 1 nitrogen and oxygen atoms in total. The Labute approximate surface area is 129 Å². The molecular formula is C17H16Cl2O. The Bertz CT molecular complexity index is 617. The minimum absolute atomic E-state index is 0.104. The third-order valence-electron chi connectivity index (χ3n) is 3.55. The van der Waals surface area contributed by atoms with Gasteiger partial charge >= 0.3 is 0 Å². The molecule has 2 rings (SSSR count). The summed E-state index contributed by atoms with van der Waals surface area (Å²) in [6.45, 7) is 4.32. The molecule has 0 N–H and O–H groups in total. The van der Waals surface area contributed by atoms with E-state index in [1.807, 2.05) is 24.3 Å². The molecule has 104 valence electrons. The van der Waals surface area contributed by atoms with Gasteiger partial charge in [0.1, 0.15) is 0 Å². The number of hydrogen-bond acceptors (Lipinski definition) is 1. The SMILES string of the molecule is CCC(C)c1ccc(C(=O)c2cccc(Cl)c2Cl)cc1. The minimum Gasteiger partial charge on any atom is -0.289 e. The summed E-state index contributed by atoms with van der Waals surface area (Å²) in [5.41, 5.74) is 2.30. The highest BCUT2D eigenvalue weighted by Gasteiger charge is 2.15. The van der Waals surface area contributed by atoms with Crippen molar-refractivity contribution in [1.29, 1.82) is 0 Å². The van der Waals surface area contributed by atoms with Gasteiger partial charge < -0.3 is 0 Å². The van der Waals surface area contributed by atoms with E-state index in [9.17, 15) is 4.79 Å². The quantitative estimate of drug-likeness (QED) is 0.658. The highest BCUT2D eigenvalue weighted by atomic mass is 35.5. The lowest BCUT2D eigenvalue weighted by molar-refractivity contribution is 0.103. The average Bonchev–Trinajstić information content (AvgIpc) is 2.48. The van der Waals surface area contributed by atoms with Crippen LogP contribution in [0.3, 0.4) is 0 Å². The number of halogens is 2. The second-order valence-electron chi connectivity index (χ2n) is 4.86. The molecule has 1 atom stereocenters. The summed E-state index contributed by atoms with van der Waals surface area (Å²) in [5, 5.41) is 0.707. The van der Waals surface area contributed by atoms with Gasteiger partial charge in [0.15, 0.2) is 5.78 Å². The lowest BCUT2D eigenvalue weighted by Gasteiger charge is -2.10. The first-order valence-electron chi connectivity index (χ1n) is 6.63. The smallest absolute Gasteiger partial charge is 0.194 e. The van der Waals surface area contributed by atoms with Crippen molar-refractivity contribution in [3.63, 3.8) is 0 Å². The molecular weight excluding hydrogens is 291 g/mol. The second kappa shape index (κ2) is 6.43. The normalized spacial score (nSPS) is 12.2. The third-order valence-corrected chi connectivity index (χ3v) is 4.37. The van der Waals surface area contributed by atoms with Crippen molar-refractivity contribution >= 4 is 29.0 Å². The third kappa shape index (κ3) is 3.05. The van der Waals surface area contributed by atoms with Gasteiger partial charge in [-0.25, -0.2) is 0 Å². The highest BCUT2D eigenvalue weighted by Crippen LogP contribution is 2.28. The molecule has 0 saturated carbocycles. The van der Waals surface area contributed by atoms with Crippen molar-refractivity contribution in [2.45, 2.75) is 26.2 Å². The molecule has 0 aliphatic rings. The molecule has 1 unspecified atom stereocenters. The Kier molecular flexibility index (Phi) is 4.85. The molecule has 0 amide bonds. The molecule has 0 saturated heterocycles. The predicted octanol–water partition coefficient (Wildman–Crippen LogP) is 5.74. The standard InChI is InChI=1S/C17H16Cl2O/c1-3-11(2)12-7-9-13(10-8-12)17(20)14-5-4-6-15(18)16(14)19/h4-11H,3H2,1-2H3. The Morgan fingerprint density at radius 1 is 1.10 bits per heavy atom. The number of ketones is 1. The predicted molar refractivity (Wildman–Crippen MR) is 85.0 cm³/mol. The Morgan fingerprint density at radius 2 is 1.75 bits per heavy atom. The number of carbonyl (C=O) groups is 1. The molecule has 0 fully saturated rings. The lowest BCUT2D eigenvalue weighted by Crippen LogP contribution is -2.03. The molecule has 0 bridgehead atoms. The highest BCUT2D eigenvalue weighted by molar-refractivity contribution is 6.44. The molecule has 0 radical (unpaired) electrons. The molecule has 0 heterocycles. The van der Waals surface area contributed by atoms with Crippen molar-refractivity contribution < 1.29 is 4.79 Å². The fourth-order valence-corrected chi connectivity index (χ4v) is 2.42.